The number of hydrogen-bond acceptors (Lipinski definition) is 6. The van der Waals surface area contributed by atoms with Crippen LogP contribution in [0.25, 0.3) is 0 Å². The molecule has 0 saturated carbocycles. The molecule has 44 heavy (non-hydrogen) atoms. The summed E-state index contributed by atoms with van der Waals surface area (Å²) < 4.78 is 11.4. The number of piperidine rings is 1. The predicted octanol–water partition coefficient (Wildman–Crippen LogP) is 7.38. The van der Waals surface area contributed by atoms with Crippen LogP contribution in [-0.2, 0) is 25.7 Å². The van der Waals surface area contributed by atoms with Gasteiger partial charge in [0, 0.05) is 11.5 Å². The number of rotatable bonds is 12. The zero-order valence-corrected chi connectivity index (χ0v) is 26.8. The number of carbonyl (C=O) groups is 2. The van der Waals surface area contributed by atoms with Gasteiger partial charge in [0.1, 0.15) is 12.6 Å². The van der Waals surface area contributed by atoms with Crippen LogP contribution < -0.4 is 0 Å². The lowest BCUT2D eigenvalue weighted by molar-refractivity contribution is -0.149. The number of nitrogens with zero attached hydrogens (tertiary/aromatic N) is 2. The number of esters is 1. The molecule has 1 fully saturated rings. The van der Waals surface area contributed by atoms with E-state index in [1.807, 2.05) is 49.4 Å². The highest BCUT2D eigenvalue weighted by atomic mass is 16.6. The summed E-state index contributed by atoms with van der Waals surface area (Å²) in [6.45, 7) is 11.6. The maximum Gasteiger partial charge on any atom is 0.328 e. The number of likely N-dealkylation sites (tertiary alicyclic amines) is 1. The average molecular weight is 599 g/mol. The van der Waals surface area contributed by atoms with Crippen molar-refractivity contribution in [2.75, 3.05) is 13.7 Å². The second kappa shape index (κ2) is 15.7. The van der Waals surface area contributed by atoms with Crippen LogP contribution in [0.2, 0.25) is 0 Å². The summed E-state index contributed by atoms with van der Waals surface area (Å²) in [7, 11) is 1.38. The molecule has 0 spiro atoms. The Morgan fingerprint density at radius 3 is 2.27 bits per heavy atom. The van der Waals surface area contributed by atoms with E-state index in [9.17, 15) is 9.59 Å². The lowest BCUT2D eigenvalue weighted by atomic mass is 9.82. The highest BCUT2D eigenvalue weighted by Crippen LogP contribution is 2.40. The molecule has 1 saturated heterocycles. The maximum absolute atomic E-state index is 14.0. The third kappa shape index (κ3) is 8.35. The zero-order valence-electron chi connectivity index (χ0n) is 26.8. The monoisotopic (exact) mass is 598 g/mol. The van der Waals surface area contributed by atoms with Gasteiger partial charge in [-0.1, -0.05) is 105 Å². The Morgan fingerprint density at radius 2 is 1.64 bits per heavy atom. The van der Waals surface area contributed by atoms with Crippen LogP contribution in [0.3, 0.4) is 0 Å². The molecule has 0 aliphatic carbocycles. The van der Waals surface area contributed by atoms with Gasteiger partial charge >= 0.3 is 5.97 Å². The van der Waals surface area contributed by atoms with Gasteiger partial charge in [-0.15, -0.1) is 0 Å². The first-order chi connectivity index (χ1) is 21.2. The molecule has 234 valence electrons. The van der Waals surface area contributed by atoms with Gasteiger partial charge in [-0.2, -0.15) is 0 Å². The van der Waals surface area contributed by atoms with Gasteiger partial charge in [-0.25, -0.2) is 4.79 Å². The van der Waals surface area contributed by atoms with Gasteiger partial charge < -0.3 is 19.2 Å². The van der Waals surface area contributed by atoms with E-state index in [0.29, 0.717) is 31.1 Å². The fourth-order valence-corrected chi connectivity index (χ4v) is 6.07. The van der Waals surface area contributed by atoms with E-state index in [2.05, 4.69) is 57.1 Å². The molecule has 1 aliphatic heterocycles. The highest BCUT2D eigenvalue weighted by Gasteiger charge is 2.43. The van der Waals surface area contributed by atoms with E-state index >= 15 is 0 Å². The van der Waals surface area contributed by atoms with E-state index in [1.54, 1.807) is 23.2 Å². The number of amides is 1. The quantitative estimate of drug-likeness (QED) is 0.124. The van der Waals surface area contributed by atoms with E-state index in [0.717, 1.165) is 28.7 Å². The van der Waals surface area contributed by atoms with Crippen molar-refractivity contribution in [2.24, 2.45) is 22.9 Å². The fourth-order valence-electron chi connectivity index (χ4n) is 6.07. The Kier molecular flexibility index (Phi) is 11.7. The molecule has 4 rings (SSSR count). The largest absolute Gasteiger partial charge is 0.467 e. The number of oxime groups is 1. The molecule has 3 aromatic rings. The summed E-state index contributed by atoms with van der Waals surface area (Å²) in [6, 6.07) is 24.7. The Hall–Kier alpha value is -3.97. The summed E-state index contributed by atoms with van der Waals surface area (Å²) in [4.78, 5) is 34.2. The molecule has 0 aromatic heterocycles. The summed E-state index contributed by atoms with van der Waals surface area (Å²) in [5.74, 6) is 0.0854. The predicted molar refractivity (Wildman–Crippen MR) is 173 cm³/mol. The minimum absolute atomic E-state index is 0.0331. The SMILES string of the molecule is COC(=O)[C@@H]1CC[C@H](C)[C@@H](c2ccc(C)cc2)N1C(=O)c1ccc(C=NOC[C@@H](C)[C@H](OCc2ccccc2)C(C)C)cc1. The van der Waals surface area contributed by atoms with Gasteiger partial charge in [-0.05, 0) is 60.4 Å². The number of carbonyl (C=O) groups excluding carboxylic acids is 2. The zero-order chi connectivity index (χ0) is 31.6. The number of ether oxygens (including phenoxy) is 2. The molecule has 5 atom stereocenters. The van der Waals surface area contributed by atoms with Crippen molar-refractivity contribution < 1.29 is 23.9 Å². The summed E-state index contributed by atoms with van der Waals surface area (Å²) in [5.41, 5.74) is 4.62. The molecule has 1 aliphatic rings. The Morgan fingerprint density at radius 1 is 0.955 bits per heavy atom. The van der Waals surface area contributed by atoms with E-state index in [-0.39, 0.29) is 35.9 Å². The van der Waals surface area contributed by atoms with Crippen molar-refractivity contribution in [1.29, 1.82) is 0 Å². The first-order valence-corrected chi connectivity index (χ1v) is 15.6. The third-order valence-corrected chi connectivity index (χ3v) is 8.47. The number of hydrogen-bond donors (Lipinski definition) is 0. The highest BCUT2D eigenvalue weighted by molar-refractivity contribution is 5.98. The number of methoxy groups -OCH3 is 1. The topological polar surface area (TPSA) is 77.4 Å². The van der Waals surface area contributed by atoms with Crippen molar-refractivity contribution in [1.82, 2.24) is 4.90 Å². The first kappa shape index (κ1) is 32.9. The van der Waals surface area contributed by atoms with Gasteiger partial charge in [0.2, 0.25) is 0 Å². The number of aryl methyl sites for hydroxylation is 1. The summed E-state index contributed by atoms with van der Waals surface area (Å²) in [6.07, 6.45) is 3.07. The minimum atomic E-state index is -0.641. The molecule has 0 unspecified atom stereocenters. The van der Waals surface area contributed by atoms with E-state index in [1.165, 1.54) is 7.11 Å². The van der Waals surface area contributed by atoms with Gasteiger partial charge in [0.05, 0.1) is 32.1 Å². The number of benzene rings is 3. The second-order valence-corrected chi connectivity index (χ2v) is 12.3. The average Bonchev–Trinajstić information content (AvgIpc) is 3.03. The second-order valence-electron chi connectivity index (χ2n) is 12.3. The molecule has 0 bridgehead atoms. The van der Waals surface area contributed by atoms with Crippen molar-refractivity contribution in [3.05, 3.63) is 107 Å². The molecule has 0 radical (unpaired) electrons. The molecule has 7 heteroatoms. The Balaban J connectivity index is 1.41. The van der Waals surface area contributed by atoms with Crippen molar-refractivity contribution >= 4 is 18.1 Å². The van der Waals surface area contributed by atoms with Gasteiger partial charge in [-0.3, -0.25) is 4.79 Å². The summed E-state index contributed by atoms with van der Waals surface area (Å²) >= 11 is 0. The van der Waals surface area contributed by atoms with Crippen LogP contribution in [-0.4, -0.2) is 48.9 Å². The standard InChI is InChI=1S/C37H46N2O5/c1-25(2)35(43-24-30-10-8-7-9-11-30)28(5)23-44-38-22-29-15-19-32(20-16-29)36(40)39-33(37(41)42-6)21-14-27(4)34(39)31-17-12-26(3)13-18-31/h7-13,15-20,22,25,27-28,33-35H,14,21,23-24H2,1-6H3/t27-,28+,33-,34-,35+/m0/s1. The smallest absolute Gasteiger partial charge is 0.328 e. The van der Waals surface area contributed by atoms with Crippen LogP contribution in [0.4, 0.5) is 0 Å². The lowest BCUT2D eigenvalue weighted by Gasteiger charge is -2.44. The molecular weight excluding hydrogens is 552 g/mol. The fraction of sp³-hybridized carbons (Fsp3) is 0.432. The van der Waals surface area contributed by atoms with Crippen LogP contribution in [0.15, 0.2) is 84.0 Å². The molecule has 0 N–H and O–H groups in total. The normalized spacial score (nSPS) is 20.0. The van der Waals surface area contributed by atoms with Crippen LogP contribution in [0.5, 0.6) is 0 Å². The lowest BCUT2D eigenvalue weighted by Crippen LogP contribution is -2.52. The van der Waals surface area contributed by atoms with Crippen LogP contribution in [0, 0.1) is 24.7 Å². The minimum Gasteiger partial charge on any atom is -0.467 e. The summed E-state index contributed by atoms with van der Waals surface area (Å²) in [5, 5.41) is 4.18. The van der Waals surface area contributed by atoms with E-state index < -0.39 is 6.04 Å². The van der Waals surface area contributed by atoms with E-state index in [4.69, 9.17) is 14.3 Å². The van der Waals surface area contributed by atoms with Crippen molar-refractivity contribution in [3.63, 3.8) is 0 Å². The molecule has 3 aromatic carbocycles. The molecule has 1 heterocycles. The van der Waals surface area contributed by atoms with Crippen molar-refractivity contribution in [3.8, 4) is 0 Å². The molecular formula is C37H46N2O5. The maximum atomic E-state index is 14.0. The Bertz CT molecular complexity index is 1370. The third-order valence-electron chi connectivity index (χ3n) is 8.47. The van der Waals surface area contributed by atoms with Crippen LogP contribution >= 0.6 is 0 Å². The first-order valence-electron chi connectivity index (χ1n) is 15.6. The van der Waals surface area contributed by atoms with Crippen LogP contribution in [0.1, 0.15) is 79.2 Å². The molecule has 1 amide bonds. The Labute approximate surface area is 262 Å². The van der Waals surface area contributed by atoms with Gasteiger partial charge in [0.25, 0.3) is 5.91 Å². The van der Waals surface area contributed by atoms with Gasteiger partial charge in [0.15, 0.2) is 0 Å². The van der Waals surface area contributed by atoms with Crippen molar-refractivity contribution in [2.45, 2.75) is 72.3 Å². The molecule has 7 nitrogen and oxygen atoms in total.